The fraction of sp³-hybridized carbons (Fsp3) is 0.306. The summed E-state index contributed by atoms with van der Waals surface area (Å²) in [6.07, 6.45) is 3.34. The normalized spacial score (nSPS) is 22.1. The summed E-state index contributed by atoms with van der Waals surface area (Å²) in [5, 5.41) is 13.9. The molecule has 3 heteroatoms. The quantitative estimate of drug-likeness (QED) is 0.307. The first-order valence-corrected chi connectivity index (χ1v) is 18.7. The van der Waals surface area contributed by atoms with Gasteiger partial charge in [0.1, 0.15) is 0 Å². The van der Waals surface area contributed by atoms with Crippen LogP contribution < -0.4 is 13.2 Å². The van der Waals surface area contributed by atoms with Crippen LogP contribution >= 0.6 is 0 Å². The fourth-order valence-electron chi connectivity index (χ4n) is 8.12. The first-order valence-electron chi connectivity index (χ1n) is 14.5. The van der Waals surface area contributed by atoms with E-state index in [9.17, 15) is 9.90 Å². The summed E-state index contributed by atoms with van der Waals surface area (Å²) in [4.78, 5) is 13.5. The Kier molecular flexibility index (Phi) is 6.68. The Labute approximate surface area is 235 Å². The molecule has 3 unspecified atom stereocenters. The van der Waals surface area contributed by atoms with Gasteiger partial charge >= 0.3 is 236 Å². The first-order chi connectivity index (χ1) is 18.9. The Morgan fingerprint density at radius 1 is 0.718 bits per heavy atom. The molecule has 2 nitrogen and oxygen atoms in total. The van der Waals surface area contributed by atoms with Crippen molar-refractivity contribution in [2.75, 3.05) is 0 Å². The van der Waals surface area contributed by atoms with E-state index in [-0.39, 0.29) is 11.8 Å². The Morgan fingerprint density at radius 3 is 1.64 bits per heavy atom. The van der Waals surface area contributed by atoms with E-state index in [0.717, 1.165) is 47.9 Å². The van der Waals surface area contributed by atoms with E-state index in [4.69, 9.17) is 0 Å². The van der Waals surface area contributed by atoms with Crippen molar-refractivity contribution in [3.05, 3.63) is 124 Å². The van der Waals surface area contributed by atoms with E-state index >= 15 is 0 Å². The molecule has 198 valence electrons. The number of hydrogen-bond acceptors (Lipinski definition) is 2. The molecule has 0 saturated heterocycles. The molecule has 2 aliphatic carbocycles. The Bertz CT molecular complexity index is 1430. The number of ketones is 1. The second-order valence-corrected chi connectivity index (χ2v) is 19.9. The maximum atomic E-state index is 13.9. The van der Waals surface area contributed by atoms with E-state index in [1.165, 1.54) is 24.3 Å². The summed E-state index contributed by atoms with van der Waals surface area (Å²) in [6, 6.07) is 32.6. The molecule has 4 aromatic carbocycles. The van der Waals surface area contributed by atoms with Gasteiger partial charge in [0, 0.05) is 0 Å². The molecule has 1 N–H and O–H groups in total. The molecule has 0 fully saturated rings. The van der Waals surface area contributed by atoms with Crippen molar-refractivity contribution in [2.24, 2.45) is 11.8 Å². The number of benzene rings is 4. The number of fused-ring (bicyclic) bond motifs is 2. The van der Waals surface area contributed by atoms with Gasteiger partial charge in [0.2, 0.25) is 0 Å². The molecule has 0 heterocycles. The molecular formula is C36H38GeO2. The third-order valence-electron chi connectivity index (χ3n) is 9.93. The molecule has 0 saturated carbocycles. The molecular weight excluding hydrogens is 537 g/mol. The van der Waals surface area contributed by atoms with Gasteiger partial charge in [-0.05, 0) is 0 Å². The SMILES string of the molecule is CCC1Cc2c(C)c3c(c(C)c2C1=O)CC(CC)[C]3(O)[Ge]([c]1ccccc1)([c]1ccccc1)[c]1ccccc1. The van der Waals surface area contributed by atoms with Gasteiger partial charge in [-0.1, -0.05) is 0 Å². The molecule has 0 bridgehead atoms. The number of hydrogen-bond donors (Lipinski definition) is 1. The molecule has 4 aromatic rings. The van der Waals surface area contributed by atoms with Crippen LogP contribution in [0.25, 0.3) is 0 Å². The van der Waals surface area contributed by atoms with Crippen molar-refractivity contribution >= 4 is 32.2 Å². The van der Waals surface area contributed by atoms with Crippen molar-refractivity contribution in [3.8, 4) is 0 Å². The molecule has 0 aromatic heterocycles. The van der Waals surface area contributed by atoms with Gasteiger partial charge < -0.3 is 0 Å². The summed E-state index contributed by atoms with van der Waals surface area (Å²) < 4.78 is 2.77. The zero-order chi connectivity index (χ0) is 27.4. The molecule has 2 aliphatic rings. The molecule has 3 atom stereocenters. The van der Waals surface area contributed by atoms with Crippen molar-refractivity contribution in [2.45, 2.75) is 57.8 Å². The second kappa shape index (κ2) is 9.91. The van der Waals surface area contributed by atoms with Crippen molar-refractivity contribution in [1.29, 1.82) is 0 Å². The van der Waals surface area contributed by atoms with Gasteiger partial charge in [-0.15, -0.1) is 0 Å². The second-order valence-electron chi connectivity index (χ2n) is 11.6. The van der Waals surface area contributed by atoms with Gasteiger partial charge in [0.15, 0.2) is 0 Å². The van der Waals surface area contributed by atoms with E-state index in [1.54, 1.807) is 0 Å². The molecule has 39 heavy (non-hydrogen) atoms. The van der Waals surface area contributed by atoms with Gasteiger partial charge in [-0.25, -0.2) is 0 Å². The number of carbonyl (C=O) groups is 1. The van der Waals surface area contributed by atoms with Gasteiger partial charge in [-0.3, -0.25) is 0 Å². The molecule has 0 radical (unpaired) electrons. The van der Waals surface area contributed by atoms with Crippen molar-refractivity contribution < 1.29 is 9.90 Å². The van der Waals surface area contributed by atoms with Crippen LogP contribution in [0.4, 0.5) is 0 Å². The van der Waals surface area contributed by atoms with Crippen molar-refractivity contribution in [1.82, 2.24) is 0 Å². The van der Waals surface area contributed by atoms with Crippen LogP contribution in [0.5, 0.6) is 0 Å². The topological polar surface area (TPSA) is 37.3 Å². The third kappa shape index (κ3) is 3.54. The molecule has 0 aliphatic heterocycles. The number of rotatable bonds is 6. The predicted octanol–water partition coefficient (Wildman–Crippen LogP) is 5.55. The van der Waals surface area contributed by atoms with Crippen LogP contribution in [-0.4, -0.2) is 24.2 Å². The van der Waals surface area contributed by atoms with Crippen LogP contribution in [0.15, 0.2) is 91.0 Å². The van der Waals surface area contributed by atoms with E-state index in [0.29, 0.717) is 5.78 Å². The summed E-state index contributed by atoms with van der Waals surface area (Å²) in [5.41, 5.74) is 6.77. The average Bonchev–Trinajstić information content (AvgIpc) is 3.49. The van der Waals surface area contributed by atoms with E-state index in [1.807, 2.05) is 0 Å². The standard InChI is InChI=1S/C36H38GeO2/c1-5-26-22-31-25(4)34-32(24(3)33(31)35(26)38)23-27(6-2)36(34,39)37(28-16-10-7-11-17-28,29-18-12-8-13-19-29)30-20-14-9-15-21-30/h7-21,26-27,39H,5-6,22-23H2,1-4H3. The van der Waals surface area contributed by atoms with Gasteiger partial charge in [0.05, 0.1) is 0 Å². The Balaban J connectivity index is 1.78. The number of carbonyl (C=O) groups excluding carboxylic acids is 1. The summed E-state index contributed by atoms with van der Waals surface area (Å²) in [5.74, 6) is 0.421. The first kappa shape index (κ1) is 26.3. The van der Waals surface area contributed by atoms with Crippen LogP contribution in [0, 0.1) is 25.7 Å². The average molecular weight is 575 g/mol. The molecule has 6 rings (SSSR count). The fourth-order valence-corrected chi connectivity index (χ4v) is 20.8. The Morgan fingerprint density at radius 2 is 1.21 bits per heavy atom. The summed E-state index contributed by atoms with van der Waals surface area (Å²) >= 11 is -3.90. The molecule has 0 amide bonds. The van der Waals surface area contributed by atoms with E-state index < -0.39 is 17.7 Å². The number of aliphatic hydroxyl groups is 1. The van der Waals surface area contributed by atoms with Gasteiger partial charge in [0.25, 0.3) is 0 Å². The summed E-state index contributed by atoms with van der Waals surface area (Å²) in [6.45, 7) is 8.69. The summed E-state index contributed by atoms with van der Waals surface area (Å²) in [7, 11) is 0. The van der Waals surface area contributed by atoms with E-state index in [2.05, 4.69) is 119 Å². The minimum atomic E-state index is -3.90. The Hall–Kier alpha value is -2.95. The van der Waals surface area contributed by atoms with Gasteiger partial charge in [-0.2, -0.15) is 0 Å². The van der Waals surface area contributed by atoms with Crippen LogP contribution in [0.3, 0.4) is 0 Å². The van der Waals surface area contributed by atoms with Crippen LogP contribution in [-0.2, 0) is 17.3 Å². The predicted molar refractivity (Wildman–Crippen MR) is 163 cm³/mol. The number of Topliss-reactive ketones (excluding diaryl/α,β-unsaturated/α-hetero) is 1. The molecule has 0 spiro atoms. The zero-order valence-corrected chi connectivity index (χ0v) is 25.6. The maximum absolute atomic E-state index is 13.9. The third-order valence-corrected chi connectivity index (χ3v) is 21.3. The monoisotopic (exact) mass is 576 g/mol. The zero-order valence-electron chi connectivity index (χ0n) is 23.5. The van der Waals surface area contributed by atoms with Crippen LogP contribution in [0.1, 0.15) is 64.9 Å². The minimum absolute atomic E-state index is 0.0543. The van der Waals surface area contributed by atoms with Crippen molar-refractivity contribution in [3.63, 3.8) is 0 Å². The van der Waals surface area contributed by atoms with Crippen LogP contribution in [0.2, 0.25) is 0 Å².